The molecule has 0 aromatic heterocycles. The Morgan fingerprint density at radius 2 is 2.10 bits per heavy atom. The number of carbonyl (C=O) groups excluding carboxylic acids is 1. The van der Waals surface area contributed by atoms with Crippen molar-refractivity contribution in [3.8, 4) is 5.75 Å². The summed E-state index contributed by atoms with van der Waals surface area (Å²) < 4.78 is 6.55. The van der Waals surface area contributed by atoms with Gasteiger partial charge in [-0.2, -0.15) is 0 Å². The van der Waals surface area contributed by atoms with Crippen LogP contribution < -0.4 is 4.74 Å². The molecule has 0 spiro atoms. The maximum Gasteiger partial charge on any atom is 0.246 e. The number of likely N-dealkylation sites (tertiary alicyclic amines) is 1. The third kappa shape index (κ3) is 4.10. The van der Waals surface area contributed by atoms with Crippen LogP contribution in [0, 0.1) is 0 Å². The van der Waals surface area contributed by atoms with Gasteiger partial charge >= 0.3 is 0 Å². The Balaban J connectivity index is 2.09. The third-order valence-electron chi connectivity index (χ3n) is 3.34. The van der Waals surface area contributed by atoms with Crippen LogP contribution in [0.2, 0.25) is 0 Å². The molecule has 0 unspecified atom stereocenters. The standard InChI is InChI=1S/C16H20BrNO2/c1-2-20-15-8-7-14(17)12-13(15)6-9-16(19)18-10-4-3-5-11-18/h6-9,12H,2-5,10-11H2,1H3/b9-6+. The summed E-state index contributed by atoms with van der Waals surface area (Å²) in [6, 6.07) is 5.82. The molecule has 108 valence electrons. The van der Waals surface area contributed by atoms with Gasteiger partial charge in [-0.15, -0.1) is 0 Å². The molecule has 1 heterocycles. The minimum absolute atomic E-state index is 0.0899. The Labute approximate surface area is 128 Å². The van der Waals surface area contributed by atoms with Crippen molar-refractivity contribution in [1.82, 2.24) is 4.90 Å². The van der Waals surface area contributed by atoms with Gasteiger partial charge in [-0.3, -0.25) is 4.79 Å². The first kappa shape index (κ1) is 15.1. The molecule has 20 heavy (non-hydrogen) atoms. The monoisotopic (exact) mass is 337 g/mol. The summed E-state index contributed by atoms with van der Waals surface area (Å²) in [6.45, 7) is 4.32. The molecule has 1 aliphatic heterocycles. The zero-order chi connectivity index (χ0) is 14.4. The van der Waals surface area contributed by atoms with Gasteiger partial charge in [0.05, 0.1) is 6.61 Å². The molecule has 4 heteroatoms. The number of amides is 1. The van der Waals surface area contributed by atoms with Crippen molar-refractivity contribution in [2.45, 2.75) is 26.2 Å². The molecule has 1 fully saturated rings. The largest absolute Gasteiger partial charge is 0.493 e. The topological polar surface area (TPSA) is 29.5 Å². The molecular formula is C16H20BrNO2. The SMILES string of the molecule is CCOc1ccc(Br)cc1/C=C/C(=O)N1CCCCC1. The average molecular weight is 338 g/mol. The molecule has 1 aromatic carbocycles. The second-order valence-corrected chi connectivity index (χ2v) is 5.75. The number of piperidine rings is 1. The molecule has 3 nitrogen and oxygen atoms in total. The zero-order valence-corrected chi connectivity index (χ0v) is 13.4. The van der Waals surface area contributed by atoms with Gasteiger partial charge in [0, 0.05) is 29.2 Å². The second-order valence-electron chi connectivity index (χ2n) is 4.83. The summed E-state index contributed by atoms with van der Waals surface area (Å²) in [6.07, 6.45) is 6.94. The van der Waals surface area contributed by atoms with E-state index < -0.39 is 0 Å². The highest BCUT2D eigenvalue weighted by molar-refractivity contribution is 9.10. The van der Waals surface area contributed by atoms with E-state index in [1.54, 1.807) is 6.08 Å². The number of ether oxygens (including phenoxy) is 1. The van der Waals surface area contributed by atoms with Crippen molar-refractivity contribution in [2.75, 3.05) is 19.7 Å². The number of carbonyl (C=O) groups is 1. The molecule has 0 bridgehead atoms. The molecule has 2 rings (SSSR count). The number of hydrogen-bond acceptors (Lipinski definition) is 2. The van der Waals surface area contributed by atoms with E-state index >= 15 is 0 Å². The molecular weight excluding hydrogens is 318 g/mol. The summed E-state index contributed by atoms with van der Waals surface area (Å²) in [4.78, 5) is 14.0. The summed E-state index contributed by atoms with van der Waals surface area (Å²) in [7, 11) is 0. The van der Waals surface area contributed by atoms with Crippen molar-refractivity contribution in [1.29, 1.82) is 0 Å². The van der Waals surface area contributed by atoms with Crippen LogP contribution in [0.5, 0.6) is 5.75 Å². The number of rotatable bonds is 4. The van der Waals surface area contributed by atoms with Crippen LogP contribution in [0.15, 0.2) is 28.7 Å². The smallest absolute Gasteiger partial charge is 0.246 e. The Hall–Kier alpha value is -1.29. The third-order valence-corrected chi connectivity index (χ3v) is 3.84. The van der Waals surface area contributed by atoms with Gasteiger partial charge in [0.15, 0.2) is 0 Å². The van der Waals surface area contributed by atoms with Crippen LogP contribution >= 0.6 is 15.9 Å². The van der Waals surface area contributed by atoms with Crippen LogP contribution in [0.3, 0.4) is 0 Å². The minimum atomic E-state index is 0.0899. The van der Waals surface area contributed by atoms with Gasteiger partial charge in [0.2, 0.25) is 5.91 Å². The quantitative estimate of drug-likeness (QED) is 0.780. The van der Waals surface area contributed by atoms with Crippen molar-refractivity contribution >= 4 is 27.9 Å². The summed E-state index contributed by atoms with van der Waals surface area (Å²) in [5.74, 6) is 0.894. The zero-order valence-electron chi connectivity index (χ0n) is 11.8. The van der Waals surface area contributed by atoms with Crippen LogP contribution in [0.1, 0.15) is 31.7 Å². The van der Waals surface area contributed by atoms with Gasteiger partial charge in [-0.05, 0) is 50.5 Å². The first-order valence-electron chi connectivity index (χ1n) is 7.10. The van der Waals surface area contributed by atoms with Crippen molar-refractivity contribution in [3.05, 3.63) is 34.3 Å². The van der Waals surface area contributed by atoms with Gasteiger partial charge in [-0.1, -0.05) is 15.9 Å². The lowest BCUT2D eigenvalue weighted by atomic mass is 10.1. The fourth-order valence-electron chi connectivity index (χ4n) is 2.32. The average Bonchev–Trinajstić information content (AvgIpc) is 2.48. The number of benzene rings is 1. The number of halogens is 1. The van der Waals surface area contributed by atoms with E-state index in [2.05, 4.69) is 15.9 Å². The van der Waals surface area contributed by atoms with E-state index in [-0.39, 0.29) is 5.91 Å². The highest BCUT2D eigenvalue weighted by Crippen LogP contribution is 2.24. The van der Waals surface area contributed by atoms with Gasteiger partial charge in [-0.25, -0.2) is 0 Å². The predicted molar refractivity (Wildman–Crippen MR) is 84.8 cm³/mol. The first-order valence-corrected chi connectivity index (χ1v) is 7.89. The lowest BCUT2D eigenvalue weighted by Gasteiger charge is -2.25. The van der Waals surface area contributed by atoms with Crippen molar-refractivity contribution in [2.24, 2.45) is 0 Å². The molecule has 0 saturated carbocycles. The van der Waals surface area contributed by atoms with Crippen LogP contribution in [0.25, 0.3) is 6.08 Å². The lowest BCUT2D eigenvalue weighted by molar-refractivity contribution is -0.126. The van der Waals surface area contributed by atoms with Gasteiger partial charge < -0.3 is 9.64 Å². The second kappa shape index (κ2) is 7.48. The Morgan fingerprint density at radius 1 is 1.35 bits per heavy atom. The molecule has 0 N–H and O–H groups in total. The molecule has 1 amide bonds. The van der Waals surface area contributed by atoms with E-state index in [1.807, 2.05) is 36.1 Å². The molecule has 1 aliphatic rings. The Kier molecular flexibility index (Phi) is 5.65. The fourth-order valence-corrected chi connectivity index (χ4v) is 2.70. The number of nitrogens with zero attached hydrogens (tertiary/aromatic N) is 1. The summed E-state index contributed by atoms with van der Waals surface area (Å²) >= 11 is 3.45. The van der Waals surface area contributed by atoms with Crippen molar-refractivity contribution in [3.63, 3.8) is 0 Å². The van der Waals surface area contributed by atoms with E-state index in [0.717, 1.165) is 41.7 Å². The van der Waals surface area contributed by atoms with E-state index in [9.17, 15) is 4.79 Å². The van der Waals surface area contributed by atoms with Crippen LogP contribution in [-0.4, -0.2) is 30.5 Å². The highest BCUT2D eigenvalue weighted by Gasteiger charge is 2.13. The van der Waals surface area contributed by atoms with Gasteiger partial charge in [0.1, 0.15) is 5.75 Å². The predicted octanol–water partition coefficient (Wildman–Crippen LogP) is 3.87. The summed E-state index contributed by atoms with van der Waals surface area (Å²) in [5.41, 5.74) is 0.923. The number of hydrogen-bond donors (Lipinski definition) is 0. The van der Waals surface area contributed by atoms with Crippen LogP contribution in [-0.2, 0) is 4.79 Å². The normalized spacial score (nSPS) is 15.6. The highest BCUT2D eigenvalue weighted by atomic mass is 79.9. The summed E-state index contributed by atoms with van der Waals surface area (Å²) in [5, 5.41) is 0. The molecule has 1 saturated heterocycles. The van der Waals surface area contributed by atoms with E-state index in [4.69, 9.17) is 4.74 Å². The maximum atomic E-state index is 12.1. The lowest BCUT2D eigenvalue weighted by Crippen LogP contribution is -2.34. The van der Waals surface area contributed by atoms with E-state index in [1.165, 1.54) is 6.42 Å². The Morgan fingerprint density at radius 3 is 2.80 bits per heavy atom. The first-order chi connectivity index (χ1) is 9.70. The maximum absolute atomic E-state index is 12.1. The van der Waals surface area contributed by atoms with Crippen LogP contribution in [0.4, 0.5) is 0 Å². The van der Waals surface area contributed by atoms with E-state index in [0.29, 0.717) is 6.61 Å². The minimum Gasteiger partial charge on any atom is -0.493 e. The van der Waals surface area contributed by atoms with Crippen molar-refractivity contribution < 1.29 is 9.53 Å². The Bertz CT molecular complexity index is 493. The molecule has 0 radical (unpaired) electrons. The fraction of sp³-hybridized carbons (Fsp3) is 0.438. The molecule has 0 aliphatic carbocycles. The molecule has 1 aromatic rings. The molecule has 0 atom stereocenters. The van der Waals surface area contributed by atoms with Gasteiger partial charge in [0.25, 0.3) is 0 Å².